The molecule has 1 heterocycles. The molecule has 0 spiro atoms. The second-order valence-corrected chi connectivity index (χ2v) is 6.27. The van der Waals surface area contributed by atoms with Crippen molar-refractivity contribution >= 4 is 16.9 Å². The van der Waals surface area contributed by atoms with Crippen molar-refractivity contribution < 1.29 is 4.79 Å². The molecule has 1 aromatic carbocycles. The van der Waals surface area contributed by atoms with Gasteiger partial charge in [0.25, 0.3) is 0 Å². The first-order valence-electron chi connectivity index (χ1n) is 7.49. The normalized spacial score (nSPS) is 18.0. The number of aromatic nitrogens is 2. The van der Waals surface area contributed by atoms with Crippen LogP contribution in [0.1, 0.15) is 51.5 Å². The second-order valence-electron chi connectivity index (χ2n) is 6.27. The summed E-state index contributed by atoms with van der Waals surface area (Å²) in [7, 11) is 0. The van der Waals surface area contributed by atoms with Crippen LogP contribution in [0.15, 0.2) is 24.3 Å². The highest BCUT2D eigenvalue weighted by atomic mass is 16.2. The molecule has 0 radical (unpaired) electrons. The Morgan fingerprint density at radius 3 is 2.62 bits per heavy atom. The van der Waals surface area contributed by atoms with Crippen molar-refractivity contribution in [2.24, 2.45) is 5.73 Å². The molecule has 3 N–H and O–H groups in total. The standard InChI is InChI=1S/C16H22N4O/c1-10(2)20-13-7-5-4-6-12(13)19-14(20)11(3)18-15(21)16(17)8-9-16/h4-7,10-11H,8-9,17H2,1-3H3,(H,18,21). The Morgan fingerprint density at radius 2 is 2.00 bits per heavy atom. The monoisotopic (exact) mass is 286 g/mol. The Hall–Kier alpha value is -1.88. The Bertz CT molecular complexity index is 685. The number of rotatable bonds is 4. The number of para-hydroxylation sites is 2. The van der Waals surface area contributed by atoms with Gasteiger partial charge in [-0.3, -0.25) is 4.79 Å². The second kappa shape index (κ2) is 4.84. The molecule has 21 heavy (non-hydrogen) atoms. The number of carbonyl (C=O) groups excluding carboxylic acids is 1. The van der Waals surface area contributed by atoms with Crippen molar-refractivity contribution in [1.82, 2.24) is 14.9 Å². The first kappa shape index (κ1) is 14.1. The number of hydrogen-bond acceptors (Lipinski definition) is 3. The van der Waals surface area contributed by atoms with E-state index in [0.29, 0.717) is 0 Å². The maximum Gasteiger partial charge on any atom is 0.240 e. The van der Waals surface area contributed by atoms with Crippen molar-refractivity contribution in [2.75, 3.05) is 0 Å². The largest absolute Gasteiger partial charge is 0.345 e. The van der Waals surface area contributed by atoms with Crippen LogP contribution in [-0.4, -0.2) is 21.0 Å². The number of nitrogens with one attached hydrogen (secondary N) is 1. The van der Waals surface area contributed by atoms with Crippen LogP contribution in [0, 0.1) is 0 Å². The van der Waals surface area contributed by atoms with E-state index in [1.807, 2.05) is 25.1 Å². The van der Waals surface area contributed by atoms with Crippen molar-refractivity contribution in [1.29, 1.82) is 0 Å². The number of fused-ring (bicyclic) bond motifs is 1. The minimum Gasteiger partial charge on any atom is -0.345 e. The molecule has 1 aromatic heterocycles. The van der Waals surface area contributed by atoms with E-state index in [2.05, 4.69) is 29.8 Å². The molecule has 0 saturated heterocycles. The topological polar surface area (TPSA) is 72.9 Å². The van der Waals surface area contributed by atoms with Crippen LogP contribution < -0.4 is 11.1 Å². The van der Waals surface area contributed by atoms with E-state index in [-0.39, 0.29) is 18.0 Å². The zero-order valence-electron chi connectivity index (χ0n) is 12.8. The molecular formula is C16H22N4O. The molecule has 1 atom stereocenters. The molecule has 2 aromatic rings. The molecule has 1 aliphatic carbocycles. The van der Waals surface area contributed by atoms with Gasteiger partial charge in [-0.05, 0) is 45.7 Å². The number of amides is 1. The maximum absolute atomic E-state index is 12.1. The van der Waals surface area contributed by atoms with E-state index in [9.17, 15) is 4.79 Å². The summed E-state index contributed by atoms with van der Waals surface area (Å²) in [6.45, 7) is 6.21. The van der Waals surface area contributed by atoms with Gasteiger partial charge < -0.3 is 15.6 Å². The Morgan fingerprint density at radius 1 is 1.33 bits per heavy atom. The smallest absolute Gasteiger partial charge is 0.240 e. The summed E-state index contributed by atoms with van der Waals surface area (Å²) in [6, 6.07) is 8.16. The summed E-state index contributed by atoms with van der Waals surface area (Å²) in [5.41, 5.74) is 7.35. The first-order chi connectivity index (χ1) is 9.92. The van der Waals surface area contributed by atoms with Gasteiger partial charge in [0.1, 0.15) is 5.82 Å². The van der Waals surface area contributed by atoms with E-state index in [1.165, 1.54) is 0 Å². The lowest BCUT2D eigenvalue weighted by Gasteiger charge is -2.20. The van der Waals surface area contributed by atoms with Crippen LogP contribution >= 0.6 is 0 Å². The van der Waals surface area contributed by atoms with E-state index in [1.54, 1.807) is 0 Å². The SMILES string of the molecule is CC(NC(=O)C1(N)CC1)c1nc2ccccc2n1C(C)C. The fourth-order valence-electron chi connectivity index (χ4n) is 2.68. The van der Waals surface area contributed by atoms with E-state index < -0.39 is 5.54 Å². The third kappa shape index (κ3) is 2.42. The third-order valence-corrected chi connectivity index (χ3v) is 4.12. The lowest BCUT2D eigenvalue weighted by atomic mass is 10.2. The Kier molecular flexibility index (Phi) is 3.24. The maximum atomic E-state index is 12.1. The Balaban J connectivity index is 1.95. The predicted octanol–water partition coefficient (Wildman–Crippen LogP) is 2.29. The zero-order chi connectivity index (χ0) is 15.2. The lowest BCUT2D eigenvalue weighted by Crippen LogP contribution is -2.44. The van der Waals surface area contributed by atoms with Gasteiger partial charge in [0.15, 0.2) is 0 Å². The highest BCUT2D eigenvalue weighted by Crippen LogP contribution is 2.33. The molecule has 112 valence electrons. The molecule has 3 rings (SSSR count). The highest BCUT2D eigenvalue weighted by Gasteiger charge is 2.46. The molecule has 1 saturated carbocycles. The van der Waals surface area contributed by atoms with Crippen LogP contribution in [0.5, 0.6) is 0 Å². The number of imidazole rings is 1. The number of nitrogens with zero attached hydrogens (tertiary/aromatic N) is 2. The summed E-state index contributed by atoms with van der Waals surface area (Å²) >= 11 is 0. The molecule has 5 heteroatoms. The van der Waals surface area contributed by atoms with Gasteiger partial charge in [0, 0.05) is 6.04 Å². The summed E-state index contributed by atoms with van der Waals surface area (Å²) < 4.78 is 2.18. The summed E-state index contributed by atoms with van der Waals surface area (Å²) in [5, 5.41) is 3.01. The molecule has 1 unspecified atom stereocenters. The molecular weight excluding hydrogens is 264 g/mol. The number of nitrogens with two attached hydrogens (primary N) is 1. The minimum absolute atomic E-state index is 0.0719. The molecule has 0 bridgehead atoms. The summed E-state index contributed by atoms with van der Waals surface area (Å²) in [5.74, 6) is 0.807. The first-order valence-corrected chi connectivity index (χ1v) is 7.49. The molecule has 1 amide bonds. The molecule has 5 nitrogen and oxygen atoms in total. The fourth-order valence-corrected chi connectivity index (χ4v) is 2.68. The molecule has 1 fully saturated rings. The average Bonchev–Trinajstić information content (AvgIpc) is 3.06. The Labute approximate surface area is 124 Å². The van der Waals surface area contributed by atoms with Gasteiger partial charge in [-0.1, -0.05) is 12.1 Å². The van der Waals surface area contributed by atoms with Crippen molar-refractivity contribution in [2.45, 2.75) is 51.2 Å². The van der Waals surface area contributed by atoms with Gasteiger partial charge in [-0.15, -0.1) is 0 Å². The van der Waals surface area contributed by atoms with Crippen molar-refractivity contribution in [3.05, 3.63) is 30.1 Å². The van der Waals surface area contributed by atoms with Gasteiger partial charge >= 0.3 is 0 Å². The zero-order valence-corrected chi connectivity index (χ0v) is 12.8. The van der Waals surface area contributed by atoms with Crippen LogP contribution in [0.3, 0.4) is 0 Å². The molecule has 0 aliphatic heterocycles. The van der Waals surface area contributed by atoms with E-state index in [4.69, 9.17) is 10.7 Å². The average molecular weight is 286 g/mol. The van der Waals surface area contributed by atoms with Gasteiger partial charge in [-0.2, -0.15) is 0 Å². The third-order valence-electron chi connectivity index (χ3n) is 4.12. The lowest BCUT2D eigenvalue weighted by molar-refractivity contribution is -0.124. The van der Waals surface area contributed by atoms with Crippen LogP contribution in [-0.2, 0) is 4.79 Å². The fraction of sp³-hybridized carbons (Fsp3) is 0.500. The predicted molar refractivity (Wildman–Crippen MR) is 82.8 cm³/mol. The van der Waals surface area contributed by atoms with E-state index in [0.717, 1.165) is 29.7 Å². The quantitative estimate of drug-likeness (QED) is 0.905. The van der Waals surface area contributed by atoms with Gasteiger partial charge in [0.2, 0.25) is 5.91 Å². The summed E-state index contributed by atoms with van der Waals surface area (Å²) in [4.78, 5) is 16.8. The molecule has 1 aliphatic rings. The van der Waals surface area contributed by atoms with Gasteiger partial charge in [-0.25, -0.2) is 4.98 Å². The highest BCUT2D eigenvalue weighted by molar-refractivity contribution is 5.89. The van der Waals surface area contributed by atoms with Gasteiger partial charge in [0.05, 0.1) is 22.6 Å². The number of hydrogen-bond donors (Lipinski definition) is 2. The van der Waals surface area contributed by atoms with Crippen LogP contribution in [0.25, 0.3) is 11.0 Å². The van der Waals surface area contributed by atoms with Crippen LogP contribution in [0.2, 0.25) is 0 Å². The number of carbonyl (C=O) groups is 1. The summed E-state index contributed by atoms with van der Waals surface area (Å²) in [6.07, 6.45) is 1.54. The van der Waals surface area contributed by atoms with Crippen molar-refractivity contribution in [3.8, 4) is 0 Å². The van der Waals surface area contributed by atoms with Crippen LogP contribution in [0.4, 0.5) is 0 Å². The van der Waals surface area contributed by atoms with Crippen molar-refractivity contribution in [3.63, 3.8) is 0 Å². The number of benzene rings is 1. The minimum atomic E-state index is -0.650. The van der Waals surface area contributed by atoms with E-state index >= 15 is 0 Å².